The van der Waals surface area contributed by atoms with Crippen LogP contribution in [0.2, 0.25) is 5.02 Å². The molecule has 0 amide bonds. The molecule has 0 spiro atoms. The highest BCUT2D eigenvalue weighted by atomic mass is 35.5. The number of hydrogen-bond acceptors (Lipinski definition) is 11. The molecule has 0 fully saturated rings. The van der Waals surface area contributed by atoms with Crippen LogP contribution in [0.1, 0.15) is 62.3 Å². The molecule has 4 aromatic carbocycles. The lowest BCUT2D eigenvalue weighted by atomic mass is 9.74. The molecular formula is C45H55Cl3N2O11S2. The van der Waals surface area contributed by atoms with E-state index in [2.05, 4.69) is 30.2 Å². The van der Waals surface area contributed by atoms with Crippen molar-refractivity contribution in [3.8, 4) is 28.7 Å². The molecule has 344 valence electrons. The average Bonchev–Trinajstić information content (AvgIpc) is 3.24. The fourth-order valence-electron chi connectivity index (χ4n) is 6.39. The second-order valence-corrected chi connectivity index (χ2v) is 20.4. The first-order chi connectivity index (χ1) is 29.7. The van der Waals surface area contributed by atoms with Crippen LogP contribution in [-0.2, 0) is 40.5 Å². The van der Waals surface area contributed by atoms with Gasteiger partial charge in [-0.25, -0.2) is 26.3 Å². The molecule has 0 aliphatic carbocycles. The van der Waals surface area contributed by atoms with Gasteiger partial charge in [-0.3, -0.25) is 9.59 Å². The van der Waals surface area contributed by atoms with Crippen LogP contribution in [0.15, 0.2) is 84.9 Å². The molecule has 0 heterocycles. The maximum Gasteiger partial charge on any atom is 0.209 e. The Kier molecular flexibility index (Phi) is 19.4. The van der Waals surface area contributed by atoms with Crippen molar-refractivity contribution < 1.29 is 50.1 Å². The van der Waals surface area contributed by atoms with Crippen molar-refractivity contribution in [2.45, 2.75) is 50.9 Å². The summed E-state index contributed by atoms with van der Waals surface area (Å²) in [4.78, 5) is 24.4. The number of carbonyl (C=O) groups excluding carboxylic acids is 2. The molecule has 0 saturated carbocycles. The van der Waals surface area contributed by atoms with E-state index in [1.54, 1.807) is 24.3 Å². The molecule has 0 bridgehead atoms. The Bertz CT molecular complexity index is 2360. The third-order valence-electron chi connectivity index (χ3n) is 10.1. The van der Waals surface area contributed by atoms with Gasteiger partial charge in [0.2, 0.25) is 20.0 Å². The van der Waals surface area contributed by atoms with Gasteiger partial charge in [0.1, 0.15) is 42.0 Å². The third kappa shape index (κ3) is 16.4. The molecule has 0 radical (unpaired) electrons. The first-order valence-electron chi connectivity index (χ1n) is 20.1. The van der Waals surface area contributed by atoms with Gasteiger partial charge in [0.25, 0.3) is 0 Å². The Hall–Kier alpha value is -4.09. The summed E-state index contributed by atoms with van der Waals surface area (Å²) in [5.74, 6) is 2.71. The minimum atomic E-state index is -3.52. The summed E-state index contributed by atoms with van der Waals surface area (Å²) in [7, 11) is -7.03. The van der Waals surface area contributed by atoms with Gasteiger partial charge in [-0.15, -0.1) is 23.2 Å². The van der Waals surface area contributed by atoms with Gasteiger partial charge >= 0.3 is 0 Å². The molecule has 0 aliphatic heterocycles. The van der Waals surface area contributed by atoms with E-state index in [0.29, 0.717) is 78.0 Å². The number of nitrogens with one attached hydrogen (secondary N) is 2. The van der Waals surface area contributed by atoms with Crippen molar-refractivity contribution in [1.29, 1.82) is 0 Å². The van der Waals surface area contributed by atoms with E-state index in [4.69, 9.17) is 58.5 Å². The fraction of sp³-hybridized carbons (Fsp3) is 0.422. The Morgan fingerprint density at radius 3 is 1.56 bits per heavy atom. The van der Waals surface area contributed by atoms with E-state index >= 15 is 0 Å². The second kappa shape index (κ2) is 23.7. The zero-order valence-corrected chi connectivity index (χ0v) is 39.9. The molecule has 2 N–H and O–H groups in total. The summed E-state index contributed by atoms with van der Waals surface area (Å²) in [6, 6.07) is 26.1. The van der Waals surface area contributed by atoms with E-state index in [1.807, 2.05) is 60.7 Å². The van der Waals surface area contributed by atoms with E-state index in [9.17, 15) is 26.4 Å². The predicted octanol–water partition coefficient (Wildman–Crippen LogP) is 7.45. The molecule has 63 heavy (non-hydrogen) atoms. The quantitative estimate of drug-likeness (QED) is 0.0428. The number of ketones is 2. The molecule has 4 rings (SSSR count). The Balaban J connectivity index is 1.61. The van der Waals surface area contributed by atoms with Gasteiger partial charge < -0.3 is 23.7 Å². The van der Waals surface area contributed by atoms with E-state index < -0.39 is 42.4 Å². The number of alkyl halides is 2. The Morgan fingerprint density at radius 1 is 0.571 bits per heavy atom. The van der Waals surface area contributed by atoms with Gasteiger partial charge in [0.15, 0.2) is 11.6 Å². The standard InChI is InChI=1S/C45H55Cl3N2O11S2/c1-44(2,32-8-13-37(14-9-32)60-30-35(51)28-49-62(4,53)54)40-18-17-39(57-23-6-21-46)27-43(40)59-25-20-45(3,34-12-19-42(41(48)26-34)58-24-7-22-47)33-10-15-38(16-11-33)61-31-36(52)29-50-63(5,55)56/h8-19,26-27,49-50H,6-7,20-25,28-31H2,1-5H3. The zero-order chi connectivity index (χ0) is 46.3. The number of ether oxygens (including phenoxy) is 5. The molecule has 1 atom stereocenters. The Morgan fingerprint density at radius 2 is 1.05 bits per heavy atom. The van der Waals surface area contributed by atoms with Crippen LogP contribution in [-0.4, -0.2) is 98.8 Å². The van der Waals surface area contributed by atoms with Crippen molar-refractivity contribution in [1.82, 2.24) is 9.44 Å². The van der Waals surface area contributed by atoms with Crippen LogP contribution in [0, 0.1) is 0 Å². The van der Waals surface area contributed by atoms with Gasteiger partial charge in [-0.2, -0.15) is 0 Å². The zero-order valence-electron chi connectivity index (χ0n) is 36.0. The summed E-state index contributed by atoms with van der Waals surface area (Å²) >= 11 is 18.6. The van der Waals surface area contributed by atoms with Crippen molar-refractivity contribution in [2.24, 2.45) is 0 Å². The summed E-state index contributed by atoms with van der Waals surface area (Å²) in [6.45, 7) is 5.99. The minimum Gasteiger partial charge on any atom is -0.493 e. The first-order valence-corrected chi connectivity index (χ1v) is 25.3. The van der Waals surface area contributed by atoms with Crippen LogP contribution in [0.5, 0.6) is 28.7 Å². The fourth-order valence-corrected chi connectivity index (χ4v) is 7.69. The number of sulfonamides is 2. The number of Topliss-reactive ketones (excluding diaryl/α,β-unsaturated/α-hetero) is 2. The van der Waals surface area contributed by atoms with E-state index in [0.717, 1.165) is 34.8 Å². The van der Waals surface area contributed by atoms with Crippen LogP contribution in [0.25, 0.3) is 0 Å². The molecule has 0 aliphatic rings. The molecule has 1 unspecified atom stereocenters. The minimum absolute atomic E-state index is 0.255. The highest BCUT2D eigenvalue weighted by Crippen LogP contribution is 2.42. The molecule has 0 aromatic heterocycles. The highest BCUT2D eigenvalue weighted by Gasteiger charge is 2.32. The average molecular weight is 970 g/mol. The van der Waals surface area contributed by atoms with Crippen LogP contribution in [0.4, 0.5) is 0 Å². The lowest BCUT2D eigenvalue weighted by Crippen LogP contribution is -2.31. The second-order valence-electron chi connectivity index (χ2n) is 15.5. The molecule has 4 aromatic rings. The molecular weight excluding hydrogens is 915 g/mol. The summed E-state index contributed by atoms with van der Waals surface area (Å²) in [5, 5.41) is 0.438. The van der Waals surface area contributed by atoms with Gasteiger partial charge in [-0.05, 0) is 78.4 Å². The van der Waals surface area contributed by atoms with Crippen LogP contribution in [0.3, 0.4) is 0 Å². The predicted molar refractivity (Wildman–Crippen MR) is 248 cm³/mol. The van der Waals surface area contributed by atoms with Crippen LogP contribution >= 0.6 is 34.8 Å². The van der Waals surface area contributed by atoms with Gasteiger partial charge in [0.05, 0.1) is 50.4 Å². The normalized spacial score (nSPS) is 12.9. The number of benzene rings is 4. The SMILES string of the molecule is CC(C)(c1ccc(OCC(=O)CNS(C)(=O)=O)cc1)c1ccc(OCCCCl)cc1OCCC(C)(c1ccc(OCC(=O)CNS(C)(=O)=O)cc1)c1ccc(OCCCCl)c(Cl)c1. The van der Waals surface area contributed by atoms with Crippen molar-refractivity contribution in [3.63, 3.8) is 0 Å². The van der Waals surface area contributed by atoms with Crippen molar-refractivity contribution in [2.75, 3.05) is 70.4 Å². The number of rotatable bonds is 28. The largest absolute Gasteiger partial charge is 0.493 e. The molecule has 13 nitrogen and oxygen atoms in total. The highest BCUT2D eigenvalue weighted by molar-refractivity contribution is 7.89. The Labute approximate surface area is 386 Å². The summed E-state index contributed by atoms with van der Waals surface area (Å²) < 4.78 is 79.8. The third-order valence-corrected chi connectivity index (χ3v) is 12.2. The lowest BCUT2D eigenvalue weighted by molar-refractivity contribution is -0.120. The molecule has 18 heteroatoms. The number of halogens is 3. The maximum atomic E-state index is 12.3. The van der Waals surface area contributed by atoms with Crippen LogP contribution < -0.4 is 33.1 Å². The number of hydrogen-bond donors (Lipinski definition) is 2. The van der Waals surface area contributed by atoms with Gasteiger partial charge in [0, 0.05) is 34.2 Å². The van der Waals surface area contributed by atoms with Crippen molar-refractivity contribution in [3.05, 3.63) is 112 Å². The monoisotopic (exact) mass is 968 g/mol. The van der Waals surface area contributed by atoms with E-state index in [1.165, 1.54) is 0 Å². The van der Waals surface area contributed by atoms with Gasteiger partial charge in [-0.1, -0.05) is 68.8 Å². The smallest absolute Gasteiger partial charge is 0.209 e. The first kappa shape index (κ1) is 51.5. The summed E-state index contributed by atoms with van der Waals surface area (Å²) in [5.41, 5.74) is 2.36. The van der Waals surface area contributed by atoms with Crippen molar-refractivity contribution >= 4 is 66.4 Å². The lowest BCUT2D eigenvalue weighted by Gasteiger charge is -2.33. The molecule has 0 saturated heterocycles. The van der Waals surface area contributed by atoms with E-state index in [-0.39, 0.29) is 32.9 Å². The topological polar surface area (TPSA) is 173 Å². The summed E-state index contributed by atoms with van der Waals surface area (Å²) in [6.07, 6.45) is 3.77. The number of carbonyl (C=O) groups is 2. The maximum absolute atomic E-state index is 12.3.